The van der Waals surface area contributed by atoms with Crippen molar-refractivity contribution in [3.8, 4) is 0 Å². The minimum atomic E-state index is 0.255. The largest absolute Gasteiger partial charge is 0.328 e. The Morgan fingerprint density at radius 3 is 2.12 bits per heavy atom. The van der Waals surface area contributed by atoms with E-state index in [1.54, 1.807) is 0 Å². The Morgan fingerprint density at radius 1 is 1.06 bits per heavy atom. The molecule has 1 aromatic carbocycles. The summed E-state index contributed by atoms with van der Waals surface area (Å²) >= 11 is 0. The van der Waals surface area contributed by atoms with Crippen LogP contribution in [0, 0.1) is 0 Å². The molecule has 0 aliphatic heterocycles. The van der Waals surface area contributed by atoms with Gasteiger partial charge in [0, 0.05) is 6.04 Å². The summed E-state index contributed by atoms with van der Waals surface area (Å²) in [7, 11) is 0. The molecule has 88 valence electrons. The molecule has 1 aliphatic carbocycles. The molecule has 0 bridgehead atoms. The van der Waals surface area contributed by atoms with Crippen LogP contribution in [-0.2, 0) is 5.41 Å². The number of benzene rings is 1. The van der Waals surface area contributed by atoms with Gasteiger partial charge >= 0.3 is 0 Å². The van der Waals surface area contributed by atoms with Gasteiger partial charge in [0.25, 0.3) is 0 Å². The third-order valence-electron chi connectivity index (χ3n) is 3.72. The van der Waals surface area contributed by atoms with Crippen LogP contribution in [0.5, 0.6) is 0 Å². The van der Waals surface area contributed by atoms with Gasteiger partial charge in [0.1, 0.15) is 0 Å². The van der Waals surface area contributed by atoms with Crippen molar-refractivity contribution in [1.82, 2.24) is 0 Å². The second kappa shape index (κ2) is 4.21. The van der Waals surface area contributed by atoms with E-state index in [1.807, 2.05) is 0 Å². The number of hydrogen-bond donors (Lipinski definition) is 1. The van der Waals surface area contributed by atoms with Crippen molar-refractivity contribution in [2.45, 2.75) is 57.4 Å². The summed E-state index contributed by atoms with van der Waals surface area (Å²) < 4.78 is 0. The van der Waals surface area contributed by atoms with Gasteiger partial charge < -0.3 is 5.73 Å². The zero-order chi connectivity index (χ0) is 11.8. The van der Waals surface area contributed by atoms with E-state index in [1.165, 1.54) is 24.0 Å². The standard InChI is InChI=1S/C15H23N/c1-15(2,3)13-7-4-11(5-8-13)12-6-9-14(16)10-12/h4-5,7-8,12,14H,6,9-10,16H2,1-3H3. The van der Waals surface area contributed by atoms with Gasteiger partial charge in [-0.25, -0.2) is 0 Å². The summed E-state index contributed by atoms with van der Waals surface area (Å²) in [6.07, 6.45) is 3.61. The van der Waals surface area contributed by atoms with Gasteiger partial charge in [0.15, 0.2) is 0 Å². The van der Waals surface area contributed by atoms with Gasteiger partial charge in [-0.05, 0) is 41.7 Å². The Bertz CT molecular complexity index is 345. The highest BCUT2D eigenvalue weighted by Gasteiger charge is 2.23. The lowest BCUT2D eigenvalue weighted by molar-refractivity contribution is 0.589. The normalized spacial score (nSPS) is 26.0. The first-order valence-electron chi connectivity index (χ1n) is 6.33. The van der Waals surface area contributed by atoms with E-state index >= 15 is 0 Å². The van der Waals surface area contributed by atoms with Crippen LogP contribution >= 0.6 is 0 Å². The Kier molecular flexibility index (Phi) is 3.07. The molecule has 0 spiro atoms. The number of nitrogens with two attached hydrogens (primary N) is 1. The average molecular weight is 217 g/mol. The maximum atomic E-state index is 5.96. The fourth-order valence-electron chi connectivity index (χ4n) is 2.57. The minimum Gasteiger partial charge on any atom is -0.328 e. The van der Waals surface area contributed by atoms with E-state index in [-0.39, 0.29) is 5.41 Å². The van der Waals surface area contributed by atoms with Gasteiger partial charge in [-0.2, -0.15) is 0 Å². The first kappa shape index (κ1) is 11.7. The lowest BCUT2D eigenvalue weighted by atomic mass is 9.85. The van der Waals surface area contributed by atoms with E-state index in [4.69, 9.17) is 5.73 Å². The van der Waals surface area contributed by atoms with Crippen molar-refractivity contribution in [2.24, 2.45) is 5.73 Å². The molecule has 1 aromatic rings. The Morgan fingerprint density at radius 2 is 1.69 bits per heavy atom. The predicted octanol–water partition coefficient (Wildman–Crippen LogP) is 3.58. The van der Waals surface area contributed by atoms with Crippen LogP contribution in [-0.4, -0.2) is 6.04 Å². The highest BCUT2D eigenvalue weighted by molar-refractivity contribution is 5.30. The van der Waals surface area contributed by atoms with Crippen LogP contribution in [0.3, 0.4) is 0 Å². The lowest BCUT2D eigenvalue weighted by Gasteiger charge is -2.20. The maximum Gasteiger partial charge on any atom is 0.00448 e. The van der Waals surface area contributed by atoms with E-state index in [2.05, 4.69) is 45.0 Å². The average Bonchev–Trinajstić information content (AvgIpc) is 2.64. The zero-order valence-electron chi connectivity index (χ0n) is 10.7. The summed E-state index contributed by atoms with van der Waals surface area (Å²) in [6.45, 7) is 6.77. The quantitative estimate of drug-likeness (QED) is 0.764. The first-order valence-corrected chi connectivity index (χ1v) is 6.33. The van der Waals surface area contributed by atoms with E-state index in [0.29, 0.717) is 12.0 Å². The fourth-order valence-corrected chi connectivity index (χ4v) is 2.57. The lowest BCUT2D eigenvalue weighted by Crippen LogP contribution is -2.14. The van der Waals surface area contributed by atoms with E-state index < -0.39 is 0 Å². The molecule has 1 nitrogen and oxygen atoms in total. The molecular weight excluding hydrogens is 194 g/mol. The molecule has 0 saturated heterocycles. The molecule has 0 heterocycles. The van der Waals surface area contributed by atoms with E-state index in [9.17, 15) is 0 Å². The van der Waals surface area contributed by atoms with Crippen molar-refractivity contribution < 1.29 is 0 Å². The van der Waals surface area contributed by atoms with Gasteiger partial charge in [0.05, 0.1) is 0 Å². The fraction of sp³-hybridized carbons (Fsp3) is 0.600. The molecule has 0 aromatic heterocycles. The van der Waals surface area contributed by atoms with Crippen molar-refractivity contribution in [3.63, 3.8) is 0 Å². The smallest absolute Gasteiger partial charge is 0.00448 e. The van der Waals surface area contributed by atoms with Gasteiger partial charge in [-0.1, -0.05) is 45.0 Å². The highest BCUT2D eigenvalue weighted by Crippen LogP contribution is 2.34. The summed E-state index contributed by atoms with van der Waals surface area (Å²) in [5, 5.41) is 0. The molecule has 0 radical (unpaired) electrons. The van der Waals surface area contributed by atoms with Crippen molar-refractivity contribution in [2.75, 3.05) is 0 Å². The topological polar surface area (TPSA) is 26.0 Å². The first-order chi connectivity index (χ1) is 7.47. The molecule has 2 unspecified atom stereocenters. The second-order valence-electron chi connectivity index (χ2n) is 6.14. The Hall–Kier alpha value is -0.820. The SMILES string of the molecule is CC(C)(C)c1ccc(C2CCC(N)C2)cc1. The summed E-state index contributed by atoms with van der Waals surface area (Å²) in [5.41, 5.74) is 9.10. The van der Waals surface area contributed by atoms with Gasteiger partial charge in [-0.15, -0.1) is 0 Å². The van der Waals surface area contributed by atoms with Crippen molar-refractivity contribution >= 4 is 0 Å². The summed E-state index contributed by atoms with van der Waals surface area (Å²) in [5.74, 6) is 0.698. The highest BCUT2D eigenvalue weighted by atomic mass is 14.6. The summed E-state index contributed by atoms with van der Waals surface area (Å²) in [4.78, 5) is 0. The van der Waals surface area contributed by atoms with Gasteiger partial charge in [0.2, 0.25) is 0 Å². The third-order valence-corrected chi connectivity index (χ3v) is 3.72. The number of rotatable bonds is 1. The summed E-state index contributed by atoms with van der Waals surface area (Å²) in [6, 6.07) is 9.57. The monoisotopic (exact) mass is 217 g/mol. The molecule has 2 rings (SSSR count). The molecule has 16 heavy (non-hydrogen) atoms. The van der Waals surface area contributed by atoms with E-state index in [0.717, 1.165) is 6.42 Å². The Labute approximate surface area is 99.0 Å². The zero-order valence-corrected chi connectivity index (χ0v) is 10.7. The molecular formula is C15H23N. The molecule has 1 saturated carbocycles. The van der Waals surface area contributed by atoms with Crippen LogP contribution in [0.25, 0.3) is 0 Å². The van der Waals surface area contributed by atoms with Crippen LogP contribution in [0.15, 0.2) is 24.3 Å². The van der Waals surface area contributed by atoms with Crippen LogP contribution in [0.1, 0.15) is 57.1 Å². The molecule has 0 amide bonds. The van der Waals surface area contributed by atoms with Crippen LogP contribution in [0.2, 0.25) is 0 Å². The predicted molar refractivity (Wildman–Crippen MR) is 69.7 cm³/mol. The van der Waals surface area contributed by atoms with Gasteiger partial charge in [-0.3, -0.25) is 0 Å². The minimum absolute atomic E-state index is 0.255. The van der Waals surface area contributed by atoms with Crippen molar-refractivity contribution in [1.29, 1.82) is 0 Å². The van der Waals surface area contributed by atoms with Crippen molar-refractivity contribution in [3.05, 3.63) is 35.4 Å². The Balaban J connectivity index is 2.14. The van der Waals surface area contributed by atoms with Crippen LogP contribution in [0.4, 0.5) is 0 Å². The molecule has 1 fully saturated rings. The molecule has 2 atom stereocenters. The second-order valence-corrected chi connectivity index (χ2v) is 6.14. The van der Waals surface area contributed by atoms with Crippen LogP contribution < -0.4 is 5.73 Å². The third kappa shape index (κ3) is 2.46. The molecule has 1 aliphatic rings. The molecule has 1 heteroatoms. The molecule has 2 N–H and O–H groups in total. The maximum absolute atomic E-state index is 5.96. The number of hydrogen-bond acceptors (Lipinski definition) is 1.